The number of hydrogen-bond donors (Lipinski definition) is 3. The molecule has 242 valence electrons. The molecule has 1 aromatic carbocycles. The van der Waals surface area contributed by atoms with Crippen molar-refractivity contribution in [3.63, 3.8) is 0 Å². The number of rotatable bonds is 13. The average molecular weight is 622 g/mol. The highest BCUT2D eigenvalue weighted by atomic mass is 19.1. The molecule has 45 heavy (non-hydrogen) atoms. The number of halogens is 1. The number of carbonyl (C=O) groups excluding carboxylic acids is 2. The van der Waals surface area contributed by atoms with E-state index in [0.29, 0.717) is 55.4 Å². The lowest BCUT2D eigenvalue weighted by molar-refractivity contribution is -0.139. The quantitative estimate of drug-likeness (QED) is 0.261. The smallest absolute Gasteiger partial charge is 0.245 e. The second kappa shape index (κ2) is 15.4. The Bertz CT molecular complexity index is 1440. The molecule has 0 bridgehead atoms. The molecule has 2 amide bonds. The molecule has 1 saturated heterocycles. The van der Waals surface area contributed by atoms with Gasteiger partial charge in [0.25, 0.3) is 0 Å². The van der Waals surface area contributed by atoms with Gasteiger partial charge in [0.05, 0.1) is 31.6 Å². The zero-order valence-electron chi connectivity index (χ0n) is 26.9. The number of pyridine rings is 2. The van der Waals surface area contributed by atoms with Crippen molar-refractivity contribution in [1.29, 1.82) is 0 Å². The highest BCUT2D eigenvalue weighted by Gasteiger charge is 2.44. The number of aryl methyl sites for hydroxylation is 1. The molecule has 0 saturated carbocycles. The van der Waals surface area contributed by atoms with Gasteiger partial charge in [-0.15, -0.1) is 0 Å². The zero-order valence-corrected chi connectivity index (χ0v) is 26.9. The lowest BCUT2D eigenvalue weighted by Gasteiger charge is -2.39. The number of nitrogens with zero attached hydrogens (tertiary/aromatic N) is 2. The minimum atomic E-state index is -1.10. The van der Waals surface area contributed by atoms with Gasteiger partial charge < -0.3 is 24.8 Å². The van der Waals surface area contributed by atoms with Crippen LogP contribution in [0, 0.1) is 24.1 Å². The number of methoxy groups -OCH3 is 3. The number of amides is 2. The molecule has 2 aromatic heterocycles. The summed E-state index contributed by atoms with van der Waals surface area (Å²) in [5.41, 5.74) is 2.12. The molecule has 1 aliphatic rings. The SMILES string of the molecule is COCC[C@@H](c1nccc(C)c1F)[C@@H](Cc1ccc(-c2cc(OC)cc(OC)n2)cc1)C(C)(C)C(=O)NC(=O)[C@H]1CNCCN1. The summed E-state index contributed by atoms with van der Waals surface area (Å²) < 4.78 is 31.9. The lowest BCUT2D eigenvalue weighted by Crippen LogP contribution is -2.58. The Hall–Kier alpha value is -3.93. The van der Waals surface area contributed by atoms with Crippen molar-refractivity contribution < 1.29 is 28.2 Å². The van der Waals surface area contributed by atoms with Crippen molar-refractivity contribution in [2.24, 2.45) is 11.3 Å². The Kier molecular flexibility index (Phi) is 11.6. The summed E-state index contributed by atoms with van der Waals surface area (Å²) >= 11 is 0. The predicted molar refractivity (Wildman–Crippen MR) is 170 cm³/mol. The molecule has 3 atom stereocenters. The molecular formula is C34H44FN5O5. The largest absolute Gasteiger partial charge is 0.496 e. The van der Waals surface area contributed by atoms with Crippen molar-refractivity contribution in [2.75, 3.05) is 47.6 Å². The first-order valence-electron chi connectivity index (χ1n) is 15.2. The molecule has 3 aromatic rings. The first-order chi connectivity index (χ1) is 21.6. The zero-order chi connectivity index (χ0) is 32.6. The van der Waals surface area contributed by atoms with Crippen molar-refractivity contribution in [2.45, 2.75) is 45.6 Å². The van der Waals surface area contributed by atoms with E-state index >= 15 is 4.39 Å². The molecular weight excluding hydrogens is 577 g/mol. The fraction of sp³-hybridized carbons (Fsp3) is 0.471. The average Bonchev–Trinajstić information content (AvgIpc) is 3.06. The van der Waals surface area contributed by atoms with E-state index in [0.717, 1.165) is 17.7 Å². The number of nitrogens with one attached hydrogen (secondary N) is 3. The summed E-state index contributed by atoms with van der Waals surface area (Å²) in [4.78, 5) is 36.0. The standard InChI is InChI=1S/C34H44FN5O5/c1-21-11-13-38-31(30(21)35)25(12-16-43-4)26(34(2,3)33(42)40-32(41)28-20-36-14-15-37-28)17-22-7-9-23(10-8-22)27-18-24(44-5)19-29(39-27)45-6/h7-11,13,18-19,25-26,28,36-37H,12,14-17,20H2,1-6H3,(H,40,41,42)/t25-,26-,28-/m1/s1. The lowest BCUT2D eigenvalue weighted by atomic mass is 9.66. The van der Waals surface area contributed by atoms with Crippen molar-refractivity contribution in [1.82, 2.24) is 25.9 Å². The van der Waals surface area contributed by atoms with Crippen LogP contribution in [0.25, 0.3) is 11.3 Å². The Labute approximate surface area is 264 Å². The molecule has 10 nitrogen and oxygen atoms in total. The summed E-state index contributed by atoms with van der Waals surface area (Å²) in [7, 11) is 4.73. The number of hydrogen-bond acceptors (Lipinski definition) is 9. The van der Waals surface area contributed by atoms with Crippen LogP contribution in [0.15, 0.2) is 48.7 Å². The molecule has 0 radical (unpaired) electrons. The van der Waals surface area contributed by atoms with Gasteiger partial charge in [0, 0.05) is 68.6 Å². The predicted octanol–water partition coefficient (Wildman–Crippen LogP) is 3.82. The van der Waals surface area contributed by atoms with Gasteiger partial charge in [-0.05, 0) is 42.9 Å². The van der Waals surface area contributed by atoms with Crippen LogP contribution in [-0.4, -0.2) is 75.4 Å². The fourth-order valence-corrected chi connectivity index (χ4v) is 5.78. The summed E-state index contributed by atoms with van der Waals surface area (Å²) in [6.45, 7) is 7.46. The molecule has 3 heterocycles. The molecule has 4 rings (SSSR count). The maximum atomic E-state index is 15.7. The van der Waals surface area contributed by atoms with Crippen molar-refractivity contribution >= 4 is 11.8 Å². The summed E-state index contributed by atoms with van der Waals surface area (Å²) in [5.74, 6) is -1.11. The number of benzene rings is 1. The minimum absolute atomic E-state index is 0.284. The number of piperazine rings is 1. The molecule has 1 fully saturated rings. The van der Waals surface area contributed by atoms with Gasteiger partial charge in [-0.3, -0.25) is 19.9 Å². The van der Waals surface area contributed by atoms with Crippen molar-refractivity contribution in [3.05, 3.63) is 71.3 Å². The molecule has 0 spiro atoms. The number of aromatic nitrogens is 2. The third-order valence-corrected chi connectivity index (χ3v) is 8.61. The van der Waals surface area contributed by atoms with E-state index in [2.05, 4.69) is 25.9 Å². The van der Waals surface area contributed by atoms with Gasteiger partial charge in [0.2, 0.25) is 17.7 Å². The van der Waals surface area contributed by atoms with Crippen LogP contribution in [0.5, 0.6) is 11.6 Å². The van der Waals surface area contributed by atoms with Crippen LogP contribution in [-0.2, 0) is 20.7 Å². The maximum Gasteiger partial charge on any atom is 0.245 e. The summed E-state index contributed by atoms with van der Waals surface area (Å²) in [6.07, 6.45) is 2.43. The second-order valence-electron chi connectivity index (χ2n) is 11.9. The maximum absolute atomic E-state index is 15.7. The molecule has 0 aliphatic carbocycles. The molecule has 1 aliphatic heterocycles. The minimum Gasteiger partial charge on any atom is -0.496 e. The molecule has 11 heteroatoms. The van der Waals surface area contributed by atoms with E-state index in [1.54, 1.807) is 60.4 Å². The van der Waals surface area contributed by atoms with Gasteiger partial charge in [0.15, 0.2) is 0 Å². The highest BCUT2D eigenvalue weighted by Crippen LogP contribution is 2.43. The van der Waals surface area contributed by atoms with Gasteiger partial charge in [-0.25, -0.2) is 9.37 Å². The Morgan fingerprint density at radius 2 is 1.84 bits per heavy atom. The van der Waals surface area contributed by atoms with Crippen LogP contribution < -0.4 is 25.4 Å². The number of carbonyl (C=O) groups is 2. The molecule has 3 N–H and O–H groups in total. The van der Waals surface area contributed by atoms with E-state index in [4.69, 9.17) is 14.2 Å². The topological polar surface area (TPSA) is 124 Å². The summed E-state index contributed by atoms with van der Waals surface area (Å²) in [6, 6.07) is 12.5. The normalized spacial score (nSPS) is 16.5. The van der Waals surface area contributed by atoms with Crippen LogP contribution >= 0.6 is 0 Å². The van der Waals surface area contributed by atoms with Gasteiger partial charge >= 0.3 is 0 Å². The molecule has 0 unspecified atom stereocenters. The van der Waals surface area contributed by atoms with Gasteiger partial charge in [-0.2, -0.15) is 0 Å². The van der Waals surface area contributed by atoms with Gasteiger partial charge in [-0.1, -0.05) is 38.1 Å². The van der Waals surface area contributed by atoms with E-state index in [1.165, 1.54) is 0 Å². The first-order valence-corrected chi connectivity index (χ1v) is 15.2. The third kappa shape index (κ3) is 8.22. The van der Waals surface area contributed by atoms with Crippen LogP contribution in [0.4, 0.5) is 4.39 Å². The van der Waals surface area contributed by atoms with Crippen LogP contribution in [0.2, 0.25) is 0 Å². The fourth-order valence-electron chi connectivity index (χ4n) is 5.78. The van der Waals surface area contributed by atoms with E-state index in [1.807, 2.05) is 30.3 Å². The second-order valence-corrected chi connectivity index (χ2v) is 11.9. The Morgan fingerprint density at radius 1 is 1.09 bits per heavy atom. The van der Waals surface area contributed by atoms with Crippen LogP contribution in [0.3, 0.4) is 0 Å². The third-order valence-electron chi connectivity index (χ3n) is 8.61. The summed E-state index contributed by atoms with van der Waals surface area (Å²) in [5, 5.41) is 8.95. The monoisotopic (exact) mass is 621 g/mol. The van der Waals surface area contributed by atoms with E-state index < -0.39 is 40.9 Å². The van der Waals surface area contributed by atoms with Crippen LogP contribution in [0.1, 0.15) is 43.0 Å². The number of imide groups is 1. The number of ether oxygens (including phenoxy) is 3. The Balaban J connectivity index is 1.70. The van der Waals surface area contributed by atoms with E-state index in [-0.39, 0.29) is 5.69 Å². The van der Waals surface area contributed by atoms with E-state index in [9.17, 15) is 9.59 Å². The van der Waals surface area contributed by atoms with Crippen molar-refractivity contribution in [3.8, 4) is 22.9 Å². The highest BCUT2D eigenvalue weighted by molar-refractivity contribution is 6.00. The first kappa shape index (κ1) is 34.0. The van der Waals surface area contributed by atoms with Gasteiger partial charge in [0.1, 0.15) is 11.6 Å². The Morgan fingerprint density at radius 3 is 2.49 bits per heavy atom.